The van der Waals surface area contributed by atoms with Gasteiger partial charge in [0.1, 0.15) is 30.0 Å². The van der Waals surface area contributed by atoms with E-state index in [0.29, 0.717) is 16.5 Å². The fraction of sp³-hybridized carbons (Fsp3) is 0.467. The number of alkyl halides is 3. The Morgan fingerprint density at radius 2 is 1.52 bits per heavy atom. The van der Waals surface area contributed by atoms with Crippen molar-refractivity contribution in [1.29, 1.82) is 0 Å². The Kier molecular flexibility index (Phi) is 8.49. The van der Waals surface area contributed by atoms with Crippen LogP contribution in [0.25, 0.3) is 22.1 Å². The zero-order chi connectivity index (χ0) is 30.1. The average Bonchev–Trinajstić information content (AvgIpc) is 2.83. The second-order valence-corrected chi connectivity index (χ2v) is 12.2. The lowest BCUT2D eigenvalue weighted by Gasteiger charge is -2.43. The van der Waals surface area contributed by atoms with Crippen LogP contribution >= 0.6 is 0 Å². The van der Waals surface area contributed by atoms with Crippen LogP contribution in [0.2, 0.25) is 0 Å². The zero-order valence-corrected chi connectivity index (χ0v) is 23.6. The first kappa shape index (κ1) is 31.2. The molecule has 0 fully saturated rings. The molecule has 1 aromatic heterocycles. The minimum atomic E-state index is -4.77. The van der Waals surface area contributed by atoms with E-state index in [1.165, 1.54) is 19.1 Å². The number of hydrogen-bond acceptors (Lipinski definition) is 7. The molecular weight excluding hydrogens is 525 g/mol. The third-order valence-corrected chi connectivity index (χ3v) is 7.24. The summed E-state index contributed by atoms with van der Waals surface area (Å²) in [6.07, 6.45) is -4.68. The monoisotopic (exact) mass is 562 g/mol. The van der Waals surface area contributed by atoms with E-state index >= 15 is 0 Å². The molecule has 3 rings (SSSR count). The summed E-state index contributed by atoms with van der Waals surface area (Å²) in [6, 6.07) is 15.0. The van der Waals surface area contributed by atoms with Gasteiger partial charge in [0.25, 0.3) is 0 Å². The van der Waals surface area contributed by atoms with Gasteiger partial charge in [-0.25, -0.2) is 4.79 Å². The summed E-state index contributed by atoms with van der Waals surface area (Å²) < 4.78 is 58.8. The van der Waals surface area contributed by atoms with Crippen LogP contribution in [-0.2, 0) is 9.53 Å². The van der Waals surface area contributed by atoms with Gasteiger partial charge in [-0.3, -0.25) is 4.79 Å². The number of rotatable bonds is 10. The predicted octanol–water partition coefficient (Wildman–Crippen LogP) is 5.82. The van der Waals surface area contributed by atoms with Crippen molar-refractivity contribution in [3.63, 3.8) is 0 Å². The Bertz CT molecular complexity index is 1410. The Morgan fingerprint density at radius 3 is 2.08 bits per heavy atom. The summed E-state index contributed by atoms with van der Waals surface area (Å²) in [5.41, 5.74) is 7.12. The molecule has 1 heterocycles. The van der Waals surface area contributed by atoms with Crippen molar-refractivity contribution in [2.45, 2.75) is 65.2 Å². The molecular formula is C30H37F3N2O5. The maximum Gasteiger partial charge on any atom is 0.400 e. The Balaban J connectivity index is 1.81. The van der Waals surface area contributed by atoms with Crippen molar-refractivity contribution in [3.05, 3.63) is 65.0 Å². The zero-order valence-electron chi connectivity index (χ0n) is 23.6. The van der Waals surface area contributed by atoms with Crippen molar-refractivity contribution >= 4 is 16.9 Å². The highest BCUT2D eigenvalue weighted by Crippen LogP contribution is 2.42. The summed E-state index contributed by atoms with van der Waals surface area (Å²) in [5, 5.41) is 0.574. The maximum atomic E-state index is 14.2. The van der Waals surface area contributed by atoms with E-state index in [1.54, 1.807) is 64.1 Å². The highest BCUT2D eigenvalue weighted by Gasteiger charge is 2.55. The first-order valence-electron chi connectivity index (χ1n) is 12.8. The van der Waals surface area contributed by atoms with E-state index in [-0.39, 0.29) is 17.8 Å². The van der Waals surface area contributed by atoms with Gasteiger partial charge in [0.05, 0.1) is 11.0 Å². The smallest absolute Gasteiger partial charge is 0.400 e. The summed E-state index contributed by atoms with van der Waals surface area (Å²) in [5.74, 6) is -0.821. The third-order valence-electron chi connectivity index (χ3n) is 7.24. The minimum absolute atomic E-state index is 0.0581. The molecule has 0 bridgehead atoms. The van der Waals surface area contributed by atoms with E-state index < -0.39 is 52.9 Å². The average molecular weight is 563 g/mol. The van der Waals surface area contributed by atoms with Crippen LogP contribution in [-0.4, -0.2) is 36.4 Å². The second-order valence-electron chi connectivity index (χ2n) is 12.2. The predicted molar refractivity (Wildman–Crippen MR) is 148 cm³/mol. The van der Waals surface area contributed by atoms with Crippen LogP contribution in [0.4, 0.5) is 13.2 Å². The number of esters is 1. The lowest BCUT2D eigenvalue weighted by molar-refractivity contribution is -0.242. The van der Waals surface area contributed by atoms with Gasteiger partial charge in [0.2, 0.25) is 0 Å². The minimum Gasteiger partial charge on any atom is -0.492 e. The van der Waals surface area contributed by atoms with Crippen LogP contribution < -0.4 is 21.8 Å². The molecule has 0 radical (unpaired) electrons. The number of carbonyl (C=O) groups is 1. The van der Waals surface area contributed by atoms with E-state index in [0.717, 1.165) is 6.92 Å². The van der Waals surface area contributed by atoms with E-state index in [9.17, 15) is 22.8 Å². The molecule has 0 aliphatic rings. The molecule has 2 atom stereocenters. The normalized spacial score (nSPS) is 15.8. The molecule has 2 unspecified atom stereocenters. The number of carbonyl (C=O) groups excluding carboxylic acids is 1. The molecule has 2 aromatic carbocycles. The Morgan fingerprint density at radius 1 is 0.900 bits per heavy atom. The van der Waals surface area contributed by atoms with Crippen LogP contribution in [0.1, 0.15) is 48.0 Å². The number of ether oxygens (including phenoxy) is 2. The number of nitrogens with two attached hydrogens (primary N) is 2. The van der Waals surface area contributed by atoms with Gasteiger partial charge in [0, 0.05) is 22.5 Å². The number of hydrogen-bond donors (Lipinski definition) is 2. The van der Waals surface area contributed by atoms with Crippen molar-refractivity contribution in [2.24, 2.45) is 22.3 Å². The molecule has 0 amide bonds. The summed E-state index contributed by atoms with van der Waals surface area (Å²) >= 11 is 0. The third kappa shape index (κ3) is 6.85. The second kappa shape index (κ2) is 10.9. The highest BCUT2D eigenvalue weighted by atomic mass is 19.4. The molecule has 40 heavy (non-hydrogen) atoms. The van der Waals surface area contributed by atoms with Crippen molar-refractivity contribution < 1.29 is 31.9 Å². The largest absolute Gasteiger partial charge is 0.492 e. The van der Waals surface area contributed by atoms with E-state index in [1.807, 2.05) is 6.07 Å². The van der Waals surface area contributed by atoms with Gasteiger partial charge in [0.15, 0.2) is 0 Å². The van der Waals surface area contributed by atoms with Crippen molar-refractivity contribution in [1.82, 2.24) is 0 Å². The fourth-order valence-electron chi connectivity index (χ4n) is 4.31. The Hall–Kier alpha value is -3.37. The lowest BCUT2D eigenvalue weighted by atomic mass is 9.67. The molecule has 218 valence electrons. The van der Waals surface area contributed by atoms with E-state index in [4.69, 9.17) is 25.4 Å². The summed E-state index contributed by atoms with van der Waals surface area (Å²) in [7, 11) is 0. The molecule has 3 aromatic rings. The fourth-order valence-corrected chi connectivity index (χ4v) is 4.31. The summed E-state index contributed by atoms with van der Waals surface area (Å²) in [4.78, 5) is 25.7. The molecule has 7 nitrogen and oxygen atoms in total. The van der Waals surface area contributed by atoms with E-state index in [2.05, 4.69) is 0 Å². The number of fused-ring (bicyclic) bond motifs is 1. The highest BCUT2D eigenvalue weighted by molar-refractivity contribution is 5.82. The van der Waals surface area contributed by atoms with Gasteiger partial charge < -0.3 is 25.4 Å². The van der Waals surface area contributed by atoms with Crippen LogP contribution in [0.5, 0.6) is 5.75 Å². The van der Waals surface area contributed by atoms with Gasteiger partial charge in [-0.2, -0.15) is 13.2 Å². The SMILES string of the molecule is CC(C)(N)CC(C)(C(=O)OCC(C)(COc1ccc2cc(-c3ccccc3)c(=O)oc2c1)C(F)(F)F)C(C)(C)N. The molecule has 0 saturated carbocycles. The Labute approximate surface area is 231 Å². The topological polar surface area (TPSA) is 118 Å². The first-order valence-corrected chi connectivity index (χ1v) is 12.8. The van der Waals surface area contributed by atoms with Crippen molar-refractivity contribution in [3.8, 4) is 16.9 Å². The molecule has 0 spiro atoms. The maximum absolute atomic E-state index is 14.2. The molecule has 0 aliphatic carbocycles. The first-order chi connectivity index (χ1) is 18.3. The molecule has 0 saturated heterocycles. The standard InChI is InChI=1S/C30H37F3N2O5/c1-26(2,34)16-29(6,27(3,4)35)25(37)39-18-28(5,30(31,32)33)17-38-21-13-12-20-14-22(19-10-8-7-9-11-19)24(36)40-23(20)15-21/h7-15H,16-18,34-35H2,1-6H3. The van der Waals surface area contributed by atoms with Gasteiger partial charge >= 0.3 is 17.8 Å². The number of benzene rings is 2. The van der Waals surface area contributed by atoms with Crippen LogP contribution in [0.3, 0.4) is 0 Å². The molecule has 0 aliphatic heterocycles. The van der Waals surface area contributed by atoms with Gasteiger partial charge in [-0.1, -0.05) is 30.3 Å². The van der Waals surface area contributed by atoms with Crippen LogP contribution in [0, 0.1) is 10.8 Å². The van der Waals surface area contributed by atoms with Crippen LogP contribution in [0.15, 0.2) is 63.8 Å². The van der Waals surface area contributed by atoms with Gasteiger partial charge in [-0.15, -0.1) is 0 Å². The molecule has 4 N–H and O–H groups in total. The number of halogens is 3. The van der Waals surface area contributed by atoms with Gasteiger partial charge in [-0.05, 0) is 71.7 Å². The lowest BCUT2D eigenvalue weighted by Crippen LogP contribution is -2.58. The molecule has 10 heteroatoms. The quantitative estimate of drug-likeness (QED) is 0.236. The van der Waals surface area contributed by atoms with Crippen molar-refractivity contribution in [2.75, 3.05) is 13.2 Å². The summed E-state index contributed by atoms with van der Waals surface area (Å²) in [6.45, 7) is 7.21.